The Bertz CT molecular complexity index is 1110. The second kappa shape index (κ2) is 38.6. The highest BCUT2D eigenvalue weighted by Crippen LogP contribution is 2.38. The van der Waals surface area contributed by atoms with E-state index in [2.05, 4.69) is 74.6 Å². The van der Waals surface area contributed by atoms with Crippen LogP contribution in [-0.2, 0) is 27.9 Å². The number of rotatable bonds is 39. The summed E-state index contributed by atoms with van der Waals surface area (Å²) in [5.41, 5.74) is 0. The van der Waals surface area contributed by atoms with Crippen molar-refractivity contribution < 1.29 is 37.3 Å². The SMILES string of the molecule is CCCCC/C=C\C/C=C\C/C=C\C/C=C\CCCC(=O)OCC(COP(=O)([O-])OCC[N+](C)(C)C)O/C=C\CCCCCCCC/C=C\CCCCCC. The molecule has 0 aromatic rings. The Morgan fingerprint density at radius 2 is 1.02 bits per heavy atom. The summed E-state index contributed by atoms with van der Waals surface area (Å²) in [5.74, 6) is -0.351. The Hall–Kier alpha value is -2.22. The monoisotopic (exact) mass is 792 g/mol. The molecule has 55 heavy (non-hydrogen) atoms. The van der Waals surface area contributed by atoms with Crippen LogP contribution in [0.4, 0.5) is 0 Å². The molecule has 0 aromatic carbocycles. The van der Waals surface area contributed by atoms with Gasteiger partial charge in [0.1, 0.15) is 19.8 Å². The average Bonchev–Trinajstić information content (AvgIpc) is 3.14. The number of hydrogen-bond acceptors (Lipinski definition) is 7. The third kappa shape index (κ3) is 42.8. The van der Waals surface area contributed by atoms with Crippen LogP contribution >= 0.6 is 7.82 Å². The van der Waals surface area contributed by atoms with Crippen LogP contribution in [0.3, 0.4) is 0 Å². The molecule has 9 heteroatoms. The van der Waals surface area contributed by atoms with E-state index in [0.717, 1.165) is 44.9 Å². The molecule has 8 nitrogen and oxygen atoms in total. The van der Waals surface area contributed by atoms with Gasteiger partial charge in [0.2, 0.25) is 0 Å². The largest absolute Gasteiger partial charge is 0.756 e. The third-order valence-corrected chi connectivity index (χ3v) is 9.78. The van der Waals surface area contributed by atoms with Crippen molar-refractivity contribution in [3.63, 3.8) is 0 Å². The fourth-order valence-corrected chi connectivity index (χ4v) is 6.07. The third-order valence-electron chi connectivity index (χ3n) is 8.82. The van der Waals surface area contributed by atoms with Gasteiger partial charge < -0.3 is 27.9 Å². The van der Waals surface area contributed by atoms with Crippen LogP contribution in [0.15, 0.2) is 73.1 Å². The van der Waals surface area contributed by atoms with Crippen LogP contribution in [0.5, 0.6) is 0 Å². The maximum Gasteiger partial charge on any atom is 0.305 e. The molecule has 0 spiro atoms. The molecule has 0 amide bonds. The summed E-state index contributed by atoms with van der Waals surface area (Å²) >= 11 is 0. The van der Waals surface area contributed by atoms with Gasteiger partial charge in [-0.05, 0) is 89.5 Å². The number of phosphoric acid groups is 1. The minimum absolute atomic E-state index is 0.0143. The maximum atomic E-state index is 12.4. The summed E-state index contributed by atoms with van der Waals surface area (Å²) in [6, 6.07) is 0. The maximum absolute atomic E-state index is 12.4. The van der Waals surface area contributed by atoms with Gasteiger partial charge in [0.15, 0.2) is 6.10 Å². The van der Waals surface area contributed by atoms with E-state index in [1.165, 1.54) is 89.9 Å². The topological polar surface area (TPSA) is 94.1 Å². The van der Waals surface area contributed by atoms with Gasteiger partial charge in [-0.15, -0.1) is 0 Å². The molecule has 2 unspecified atom stereocenters. The van der Waals surface area contributed by atoms with E-state index in [9.17, 15) is 14.3 Å². The summed E-state index contributed by atoms with van der Waals surface area (Å²) in [5, 5.41) is 0. The van der Waals surface area contributed by atoms with Gasteiger partial charge in [-0.2, -0.15) is 0 Å². The zero-order valence-electron chi connectivity index (χ0n) is 35.8. The highest BCUT2D eigenvalue weighted by Gasteiger charge is 2.19. The minimum Gasteiger partial charge on any atom is -0.756 e. The summed E-state index contributed by atoms with van der Waals surface area (Å²) < 4.78 is 34.3. The Balaban J connectivity index is 4.42. The van der Waals surface area contributed by atoms with Gasteiger partial charge in [-0.1, -0.05) is 132 Å². The van der Waals surface area contributed by atoms with E-state index in [4.69, 9.17) is 18.5 Å². The number of phosphoric ester groups is 1. The number of hydrogen-bond donors (Lipinski definition) is 0. The molecule has 0 aliphatic rings. The molecule has 318 valence electrons. The quantitative estimate of drug-likeness (QED) is 0.0153. The van der Waals surface area contributed by atoms with Gasteiger partial charge in [-0.3, -0.25) is 9.36 Å². The van der Waals surface area contributed by atoms with E-state index in [0.29, 0.717) is 17.4 Å². The standard InChI is InChI=1S/C46H82NO7P/c1-6-8-10-12-14-16-18-20-22-24-25-27-29-31-33-35-37-39-46(48)52-43-45(44-54-55(49,50)53-42-40-47(3,4)5)51-41-38-36-34-32-30-28-26-23-21-19-17-15-13-11-9-7-2/h14,16-17,19-20,22,25,27,31,33,38,41,45H,6-13,15,18,21,23-24,26,28-30,32,34-37,39-40,42-44H2,1-5H3/b16-14-,19-17-,22-20-,27-25-,33-31-,41-38-. The number of carbonyl (C=O) groups is 1. The first-order chi connectivity index (χ1) is 26.6. The Labute approximate surface area is 338 Å². The van der Waals surface area contributed by atoms with Crippen molar-refractivity contribution in [3.8, 4) is 0 Å². The predicted molar refractivity (Wildman–Crippen MR) is 231 cm³/mol. The lowest BCUT2D eigenvalue weighted by Crippen LogP contribution is -2.37. The molecule has 0 rings (SSSR count). The molecule has 0 radical (unpaired) electrons. The van der Waals surface area contributed by atoms with Crippen LogP contribution in [-0.4, -0.2) is 64.1 Å². The normalized spacial score (nSPS) is 14.4. The Morgan fingerprint density at radius 1 is 0.582 bits per heavy atom. The molecule has 0 saturated carbocycles. The summed E-state index contributed by atoms with van der Waals surface area (Å²) in [6.07, 6.45) is 50.2. The summed E-state index contributed by atoms with van der Waals surface area (Å²) in [7, 11) is 1.32. The number of ether oxygens (including phenoxy) is 2. The van der Waals surface area contributed by atoms with E-state index < -0.39 is 13.9 Å². The number of esters is 1. The minimum atomic E-state index is -4.53. The van der Waals surface area contributed by atoms with E-state index in [-0.39, 0.29) is 32.2 Å². The van der Waals surface area contributed by atoms with Crippen molar-refractivity contribution in [1.82, 2.24) is 0 Å². The van der Waals surface area contributed by atoms with Gasteiger partial charge in [-0.25, -0.2) is 0 Å². The van der Waals surface area contributed by atoms with Crippen LogP contribution < -0.4 is 4.89 Å². The van der Waals surface area contributed by atoms with Crippen LogP contribution in [0.1, 0.15) is 162 Å². The molecular weight excluding hydrogens is 709 g/mol. The summed E-state index contributed by atoms with van der Waals surface area (Å²) in [4.78, 5) is 24.8. The fourth-order valence-electron chi connectivity index (χ4n) is 5.34. The smallest absolute Gasteiger partial charge is 0.305 e. The molecule has 0 saturated heterocycles. The molecule has 0 bridgehead atoms. The lowest BCUT2D eigenvalue weighted by atomic mass is 10.1. The highest BCUT2D eigenvalue weighted by atomic mass is 31.2. The number of allylic oxidation sites excluding steroid dienone is 11. The van der Waals surface area contributed by atoms with Gasteiger partial charge in [0.25, 0.3) is 7.82 Å². The Kier molecular flexibility index (Phi) is 37.1. The number of quaternary nitrogens is 1. The van der Waals surface area contributed by atoms with E-state index >= 15 is 0 Å². The molecule has 0 fully saturated rings. The molecule has 0 heterocycles. The molecular formula is C46H82NO7P. The first-order valence-corrected chi connectivity index (χ1v) is 23.2. The van der Waals surface area contributed by atoms with Crippen molar-refractivity contribution >= 4 is 13.8 Å². The van der Waals surface area contributed by atoms with Crippen molar-refractivity contribution in [2.45, 2.75) is 168 Å². The first kappa shape index (κ1) is 52.8. The number of nitrogens with zero attached hydrogens (tertiary/aromatic N) is 1. The zero-order chi connectivity index (χ0) is 40.6. The molecule has 2 atom stereocenters. The second-order valence-corrected chi connectivity index (χ2v) is 16.8. The summed E-state index contributed by atoms with van der Waals surface area (Å²) in [6.45, 7) is 4.58. The first-order valence-electron chi connectivity index (χ1n) is 21.7. The number of carbonyl (C=O) groups excluding carboxylic acids is 1. The molecule has 0 N–H and O–H groups in total. The van der Waals surface area contributed by atoms with E-state index in [1.807, 2.05) is 27.2 Å². The van der Waals surface area contributed by atoms with Crippen LogP contribution in [0.25, 0.3) is 0 Å². The number of likely N-dealkylation sites (N-methyl/N-ethyl adjacent to an activating group) is 1. The molecule has 0 aromatic heterocycles. The van der Waals surface area contributed by atoms with Gasteiger partial charge in [0, 0.05) is 6.42 Å². The second-order valence-electron chi connectivity index (χ2n) is 15.4. The zero-order valence-corrected chi connectivity index (χ0v) is 36.7. The van der Waals surface area contributed by atoms with Crippen molar-refractivity contribution in [3.05, 3.63) is 73.1 Å². The lowest BCUT2D eigenvalue weighted by Gasteiger charge is -2.28. The predicted octanol–water partition coefficient (Wildman–Crippen LogP) is 12.4. The van der Waals surface area contributed by atoms with Crippen molar-refractivity contribution in [2.24, 2.45) is 0 Å². The number of unbranched alkanes of at least 4 members (excludes halogenated alkanes) is 15. The van der Waals surface area contributed by atoms with Crippen LogP contribution in [0.2, 0.25) is 0 Å². The van der Waals surface area contributed by atoms with Gasteiger partial charge >= 0.3 is 5.97 Å². The van der Waals surface area contributed by atoms with Gasteiger partial charge in [0.05, 0.1) is 34.0 Å². The fraction of sp³-hybridized carbons (Fsp3) is 0.717. The van der Waals surface area contributed by atoms with Crippen molar-refractivity contribution in [2.75, 3.05) is 47.5 Å². The molecule has 0 aliphatic carbocycles. The van der Waals surface area contributed by atoms with Crippen LogP contribution in [0, 0.1) is 0 Å². The highest BCUT2D eigenvalue weighted by molar-refractivity contribution is 7.45. The molecule has 0 aliphatic heterocycles. The average molecular weight is 792 g/mol. The lowest BCUT2D eigenvalue weighted by molar-refractivity contribution is -0.870. The Morgan fingerprint density at radius 3 is 1.56 bits per heavy atom. The van der Waals surface area contributed by atoms with E-state index in [1.54, 1.807) is 6.26 Å². The van der Waals surface area contributed by atoms with Crippen molar-refractivity contribution in [1.29, 1.82) is 0 Å².